The number of halogens is 1. The summed E-state index contributed by atoms with van der Waals surface area (Å²) in [4.78, 5) is 32.0. The maximum Gasteiger partial charge on any atom is 0.329 e. The molecule has 0 saturated carbocycles. The molecule has 0 heterocycles. The fourth-order valence-electron chi connectivity index (χ4n) is 1.34. The number of nitro benzene ring substituents is 1. The SMILES string of the molecule is O=C(O)COCCNC(=O)c1ccc(Cl)cc1[N+](=O)[O-]. The molecule has 108 valence electrons. The molecule has 0 aliphatic carbocycles. The Kier molecular flexibility index (Phi) is 5.88. The minimum Gasteiger partial charge on any atom is -0.480 e. The predicted molar refractivity (Wildman–Crippen MR) is 68.9 cm³/mol. The molecule has 1 aromatic rings. The van der Waals surface area contributed by atoms with Gasteiger partial charge in [0, 0.05) is 17.6 Å². The molecule has 0 atom stereocenters. The Morgan fingerprint density at radius 3 is 2.75 bits per heavy atom. The van der Waals surface area contributed by atoms with Crippen LogP contribution in [-0.2, 0) is 9.53 Å². The summed E-state index contributed by atoms with van der Waals surface area (Å²) in [5.74, 6) is -1.78. The number of carboxylic acids is 1. The third-order valence-corrected chi connectivity index (χ3v) is 2.39. The average molecular weight is 303 g/mol. The normalized spacial score (nSPS) is 10.1. The van der Waals surface area contributed by atoms with Gasteiger partial charge in [-0.2, -0.15) is 0 Å². The number of rotatable bonds is 7. The number of hydrogen-bond donors (Lipinski definition) is 2. The number of amides is 1. The van der Waals surface area contributed by atoms with Crippen LogP contribution in [0.2, 0.25) is 5.02 Å². The molecule has 1 aromatic carbocycles. The zero-order valence-electron chi connectivity index (χ0n) is 10.2. The summed E-state index contributed by atoms with van der Waals surface area (Å²) >= 11 is 5.63. The van der Waals surface area contributed by atoms with E-state index in [0.29, 0.717) is 0 Å². The molecule has 1 amide bonds. The molecule has 0 aliphatic heterocycles. The zero-order chi connectivity index (χ0) is 15.1. The second kappa shape index (κ2) is 7.41. The molecule has 0 saturated heterocycles. The van der Waals surface area contributed by atoms with Gasteiger partial charge in [0.1, 0.15) is 12.2 Å². The van der Waals surface area contributed by atoms with E-state index in [2.05, 4.69) is 5.32 Å². The Morgan fingerprint density at radius 1 is 1.45 bits per heavy atom. The van der Waals surface area contributed by atoms with Gasteiger partial charge in [0.25, 0.3) is 11.6 Å². The first kappa shape index (κ1) is 15.9. The van der Waals surface area contributed by atoms with Crippen molar-refractivity contribution < 1.29 is 24.4 Å². The van der Waals surface area contributed by atoms with Gasteiger partial charge in [0.2, 0.25) is 0 Å². The summed E-state index contributed by atoms with van der Waals surface area (Å²) in [5, 5.41) is 21.7. The molecule has 1 rings (SSSR count). The molecule has 0 bridgehead atoms. The number of carbonyl (C=O) groups excluding carboxylic acids is 1. The summed E-state index contributed by atoms with van der Waals surface area (Å²) in [6.45, 7) is -0.456. The lowest BCUT2D eigenvalue weighted by Crippen LogP contribution is -2.28. The van der Waals surface area contributed by atoms with Crippen LogP contribution < -0.4 is 5.32 Å². The quantitative estimate of drug-likeness (QED) is 0.442. The number of nitrogens with zero attached hydrogens (tertiary/aromatic N) is 1. The highest BCUT2D eigenvalue weighted by atomic mass is 35.5. The topological polar surface area (TPSA) is 119 Å². The maximum absolute atomic E-state index is 11.7. The summed E-state index contributed by atoms with van der Waals surface area (Å²) in [6, 6.07) is 3.69. The molecule has 0 aromatic heterocycles. The number of aliphatic carboxylic acids is 1. The summed E-state index contributed by atoms with van der Waals surface area (Å²) < 4.78 is 4.71. The minimum atomic E-state index is -1.12. The fourth-order valence-corrected chi connectivity index (χ4v) is 1.51. The highest BCUT2D eigenvalue weighted by molar-refractivity contribution is 6.31. The van der Waals surface area contributed by atoms with Gasteiger partial charge in [0.15, 0.2) is 0 Å². The van der Waals surface area contributed by atoms with E-state index < -0.39 is 29.1 Å². The number of ether oxygens (including phenoxy) is 1. The van der Waals surface area contributed by atoms with E-state index in [1.807, 2.05) is 0 Å². The van der Waals surface area contributed by atoms with Crippen molar-refractivity contribution in [2.24, 2.45) is 0 Å². The van der Waals surface area contributed by atoms with Crippen LogP contribution in [0.3, 0.4) is 0 Å². The lowest BCUT2D eigenvalue weighted by molar-refractivity contribution is -0.385. The van der Waals surface area contributed by atoms with Crippen molar-refractivity contribution in [1.29, 1.82) is 0 Å². The van der Waals surface area contributed by atoms with Gasteiger partial charge in [0.05, 0.1) is 11.5 Å². The van der Waals surface area contributed by atoms with Gasteiger partial charge in [-0.25, -0.2) is 4.79 Å². The third-order valence-electron chi connectivity index (χ3n) is 2.16. The van der Waals surface area contributed by atoms with Crippen LogP contribution in [0.15, 0.2) is 18.2 Å². The molecular weight excluding hydrogens is 292 g/mol. The van der Waals surface area contributed by atoms with Crippen molar-refractivity contribution in [3.8, 4) is 0 Å². The van der Waals surface area contributed by atoms with Gasteiger partial charge in [-0.05, 0) is 12.1 Å². The van der Waals surface area contributed by atoms with Crippen molar-refractivity contribution >= 4 is 29.2 Å². The van der Waals surface area contributed by atoms with Crippen LogP contribution in [0.25, 0.3) is 0 Å². The zero-order valence-corrected chi connectivity index (χ0v) is 10.9. The van der Waals surface area contributed by atoms with Gasteiger partial charge < -0.3 is 15.2 Å². The Hall–Kier alpha value is -2.19. The number of carbonyl (C=O) groups is 2. The van der Waals surface area contributed by atoms with Crippen LogP contribution in [0, 0.1) is 10.1 Å². The second-order valence-electron chi connectivity index (χ2n) is 3.62. The fraction of sp³-hybridized carbons (Fsp3) is 0.273. The van der Waals surface area contributed by atoms with Crippen molar-refractivity contribution in [2.75, 3.05) is 19.8 Å². The first-order valence-electron chi connectivity index (χ1n) is 5.43. The number of benzene rings is 1. The van der Waals surface area contributed by atoms with Crippen LogP contribution in [0.1, 0.15) is 10.4 Å². The Balaban J connectivity index is 2.59. The summed E-state index contributed by atoms with van der Waals surface area (Å²) in [7, 11) is 0. The molecule has 0 spiro atoms. The van der Waals surface area contributed by atoms with Crippen molar-refractivity contribution in [3.63, 3.8) is 0 Å². The van der Waals surface area contributed by atoms with E-state index in [0.717, 1.165) is 6.07 Å². The van der Waals surface area contributed by atoms with Crippen LogP contribution in [0.4, 0.5) is 5.69 Å². The Morgan fingerprint density at radius 2 is 2.15 bits per heavy atom. The lowest BCUT2D eigenvalue weighted by Gasteiger charge is -2.06. The molecule has 0 radical (unpaired) electrons. The lowest BCUT2D eigenvalue weighted by atomic mass is 10.1. The van der Waals surface area contributed by atoms with E-state index in [-0.39, 0.29) is 23.7 Å². The van der Waals surface area contributed by atoms with Crippen LogP contribution in [-0.4, -0.2) is 41.7 Å². The van der Waals surface area contributed by atoms with Crippen LogP contribution >= 0.6 is 11.6 Å². The largest absolute Gasteiger partial charge is 0.480 e. The first-order valence-corrected chi connectivity index (χ1v) is 5.81. The predicted octanol–water partition coefficient (Wildman–Crippen LogP) is 1.08. The van der Waals surface area contributed by atoms with Crippen molar-refractivity contribution in [3.05, 3.63) is 38.9 Å². The molecule has 8 nitrogen and oxygen atoms in total. The Labute approximate surface area is 118 Å². The summed E-state index contributed by atoms with van der Waals surface area (Å²) in [6.07, 6.45) is 0. The highest BCUT2D eigenvalue weighted by Crippen LogP contribution is 2.22. The molecule has 2 N–H and O–H groups in total. The number of nitro groups is 1. The Bertz CT molecular complexity index is 534. The number of carboxylic acid groups (broad SMARTS) is 1. The van der Waals surface area contributed by atoms with Gasteiger partial charge in [-0.1, -0.05) is 11.6 Å². The van der Waals surface area contributed by atoms with Crippen molar-refractivity contribution in [2.45, 2.75) is 0 Å². The van der Waals surface area contributed by atoms with Gasteiger partial charge >= 0.3 is 5.97 Å². The van der Waals surface area contributed by atoms with Crippen LogP contribution in [0.5, 0.6) is 0 Å². The van der Waals surface area contributed by atoms with E-state index in [9.17, 15) is 19.7 Å². The van der Waals surface area contributed by atoms with Gasteiger partial charge in [-0.3, -0.25) is 14.9 Å². The third kappa shape index (κ3) is 4.82. The van der Waals surface area contributed by atoms with Gasteiger partial charge in [-0.15, -0.1) is 0 Å². The molecular formula is C11H11ClN2O6. The van der Waals surface area contributed by atoms with E-state index in [1.54, 1.807) is 0 Å². The first-order chi connectivity index (χ1) is 9.41. The standard InChI is InChI=1S/C11H11ClN2O6/c12-7-1-2-8(9(5-7)14(18)19)11(17)13-3-4-20-6-10(15)16/h1-2,5H,3-4,6H2,(H,13,17)(H,15,16). The monoisotopic (exact) mass is 302 g/mol. The smallest absolute Gasteiger partial charge is 0.329 e. The second-order valence-corrected chi connectivity index (χ2v) is 4.06. The molecule has 0 aliphatic rings. The van der Waals surface area contributed by atoms with E-state index in [4.69, 9.17) is 21.4 Å². The highest BCUT2D eigenvalue weighted by Gasteiger charge is 2.20. The average Bonchev–Trinajstić information content (AvgIpc) is 2.37. The molecule has 20 heavy (non-hydrogen) atoms. The molecule has 0 unspecified atom stereocenters. The van der Waals surface area contributed by atoms with Crippen molar-refractivity contribution in [1.82, 2.24) is 5.32 Å². The van der Waals surface area contributed by atoms with E-state index in [1.165, 1.54) is 12.1 Å². The number of nitrogens with one attached hydrogen (secondary N) is 1. The maximum atomic E-state index is 11.7. The molecule has 9 heteroatoms. The number of hydrogen-bond acceptors (Lipinski definition) is 5. The molecule has 0 fully saturated rings. The summed E-state index contributed by atoms with van der Waals surface area (Å²) in [5.41, 5.74) is -0.529. The minimum absolute atomic E-state index is 0.0145. The van der Waals surface area contributed by atoms with E-state index >= 15 is 0 Å².